The summed E-state index contributed by atoms with van der Waals surface area (Å²) < 4.78 is 0. The van der Waals surface area contributed by atoms with Gasteiger partial charge in [-0.2, -0.15) is 0 Å². The summed E-state index contributed by atoms with van der Waals surface area (Å²) in [6, 6.07) is 3.67. The van der Waals surface area contributed by atoms with Gasteiger partial charge in [0.25, 0.3) is 0 Å². The number of phenols is 1. The number of phenolic OH excluding ortho intramolecular Hbond substituents is 1. The minimum absolute atomic E-state index is 0.0290. The van der Waals surface area contributed by atoms with E-state index in [0.29, 0.717) is 5.02 Å². The fourth-order valence-corrected chi connectivity index (χ4v) is 1.99. The molecule has 0 aliphatic heterocycles. The molecule has 0 saturated heterocycles. The van der Waals surface area contributed by atoms with Gasteiger partial charge in [0, 0.05) is 5.54 Å². The van der Waals surface area contributed by atoms with E-state index in [9.17, 15) is 5.11 Å². The molecule has 1 saturated carbocycles. The van der Waals surface area contributed by atoms with E-state index >= 15 is 0 Å². The van der Waals surface area contributed by atoms with E-state index in [1.807, 2.05) is 13.0 Å². The van der Waals surface area contributed by atoms with E-state index in [4.69, 9.17) is 17.3 Å². The third kappa shape index (κ3) is 2.27. The molecule has 1 aliphatic carbocycles. The summed E-state index contributed by atoms with van der Waals surface area (Å²) >= 11 is 5.87. The van der Waals surface area contributed by atoms with Gasteiger partial charge in [-0.25, -0.2) is 0 Å². The van der Waals surface area contributed by atoms with Gasteiger partial charge in [-0.1, -0.05) is 17.7 Å². The predicted octanol–water partition coefficient (Wildman–Crippen LogP) is 2.78. The average Bonchev–Trinajstić information content (AvgIpc) is 2.91. The van der Waals surface area contributed by atoms with Crippen molar-refractivity contribution < 1.29 is 5.11 Å². The highest BCUT2D eigenvalue weighted by Gasteiger charge is 2.37. The molecule has 0 unspecified atom stereocenters. The van der Waals surface area contributed by atoms with Gasteiger partial charge in [0.15, 0.2) is 0 Å². The molecule has 3 N–H and O–H groups in total. The summed E-state index contributed by atoms with van der Waals surface area (Å²) in [4.78, 5) is 0. The molecule has 1 aliphatic rings. The smallest absolute Gasteiger partial charge is 0.137 e. The maximum absolute atomic E-state index is 9.82. The van der Waals surface area contributed by atoms with Gasteiger partial charge < -0.3 is 10.8 Å². The van der Waals surface area contributed by atoms with E-state index in [0.717, 1.165) is 36.8 Å². The van der Waals surface area contributed by atoms with Gasteiger partial charge in [0.05, 0.1) is 5.02 Å². The van der Waals surface area contributed by atoms with Crippen LogP contribution in [0.4, 0.5) is 0 Å². The monoisotopic (exact) mass is 225 g/mol. The van der Waals surface area contributed by atoms with Gasteiger partial charge in [-0.05, 0) is 49.8 Å². The first-order valence-corrected chi connectivity index (χ1v) is 5.65. The molecule has 82 valence electrons. The Kier molecular flexibility index (Phi) is 2.65. The molecule has 1 aromatic rings. The topological polar surface area (TPSA) is 46.2 Å². The zero-order valence-corrected chi connectivity index (χ0v) is 9.64. The SMILES string of the molecule is Cc1ccc(Cl)c(O)c1CCC1(N)CC1. The lowest BCUT2D eigenvalue weighted by molar-refractivity contribution is 0.464. The fraction of sp³-hybridized carbons (Fsp3) is 0.500. The maximum Gasteiger partial charge on any atom is 0.137 e. The van der Waals surface area contributed by atoms with Crippen molar-refractivity contribution in [1.29, 1.82) is 0 Å². The van der Waals surface area contributed by atoms with Crippen molar-refractivity contribution in [1.82, 2.24) is 0 Å². The molecule has 2 rings (SSSR count). The van der Waals surface area contributed by atoms with E-state index in [2.05, 4.69) is 0 Å². The van der Waals surface area contributed by atoms with Crippen molar-refractivity contribution in [3.05, 3.63) is 28.3 Å². The van der Waals surface area contributed by atoms with Gasteiger partial charge in [0.2, 0.25) is 0 Å². The molecule has 0 radical (unpaired) electrons. The summed E-state index contributed by atoms with van der Waals surface area (Å²) in [7, 11) is 0. The van der Waals surface area contributed by atoms with Crippen molar-refractivity contribution in [2.75, 3.05) is 0 Å². The van der Waals surface area contributed by atoms with Crippen molar-refractivity contribution in [2.45, 2.75) is 38.1 Å². The van der Waals surface area contributed by atoms with E-state index in [1.54, 1.807) is 6.07 Å². The highest BCUT2D eigenvalue weighted by Crippen LogP contribution is 2.39. The normalized spacial score (nSPS) is 17.8. The third-order valence-electron chi connectivity index (χ3n) is 3.23. The van der Waals surface area contributed by atoms with Crippen molar-refractivity contribution in [3.63, 3.8) is 0 Å². The molecule has 0 bridgehead atoms. The molecular weight excluding hydrogens is 210 g/mol. The van der Waals surface area contributed by atoms with Crippen LogP contribution in [0.25, 0.3) is 0 Å². The minimum atomic E-state index is 0.0290. The first-order chi connectivity index (χ1) is 7.02. The molecule has 0 spiro atoms. The number of rotatable bonds is 3. The lowest BCUT2D eigenvalue weighted by atomic mass is 9.99. The van der Waals surface area contributed by atoms with Gasteiger partial charge >= 0.3 is 0 Å². The number of aryl methyl sites for hydroxylation is 1. The van der Waals surface area contributed by atoms with Crippen LogP contribution in [0.5, 0.6) is 5.75 Å². The Morgan fingerprint density at radius 3 is 2.73 bits per heavy atom. The molecule has 0 atom stereocenters. The molecule has 1 fully saturated rings. The largest absolute Gasteiger partial charge is 0.506 e. The molecule has 0 aromatic heterocycles. The fourth-order valence-electron chi connectivity index (χ4n) is 1.81. The molecule has 1 aromatic carbocycles. The highest BCUT2D eigenvalue weighted by atomic mass is 35.5. The van der Waals surface area contributed by atoms with Crippen LogP contribution in [0.1, 0.15) is 30.4 Å². The lowest BCUT2D eigenvalue weighted by Crippen LogP contribution is -2.22. The van der Waals surface area contributed by atoms with Crippen LogP contribution in [0, 0.1) is 6.92 Å². The number of benzene rings is 1. The Labute approximate surface area is 95.1 Å². The quantitative estimate of drug-likeness (QED) is 0.831. The summed E-state index contributed by atoms with van der Waals surface area (Å²) in [6.07, 6.45) is 3.96. The summed E-state index contributed by atoms with van der Waals surface area (Å²) in [5.74, 6) is 0.223. The van der Waals surface area contributed by atoms with Crippen LogP contribution in [0.3, 0.4) is 0 Å². The second-order valence-electron chi connectivity index (χ2n) is 4.55. The number of nitrogens with two attached hydrogens (primary N) is 1. The third-order valence-corrected chi connectivity index (χ3v) is 3.54. The zero-order valence-electron chi connectivity index (χ0n) is 8.89. The van der Waals surface area contributed by atoms with Crippen LogP contribution >= 0.6 is 11.6 Å². The molecule has 0 heterocycles. The van der Waals surface area contributed by atoms with Crippen molar-refractivity contribution in [2.24, 2.45) is 5.73 Å². The van der Waals surface area contributed by atoms with Gasteiger partial charge in [-0.15, -0.1) is 0 Å². The number of hydrogen-bond donors (Lipinski definition) is 2. The van der Waals surface area contributed by atoms with E-state index in [-0.39, 0.29) is 11.3 Å². The van der Waals surface area contributed by atoms with Gasteiger partial charge in [-0.3, -0.25) is 0 Å². The van der Waals surface area contributed by atoms with Crippen molar-refractivity contribution >= 4 is 11.6 Å². The molecule has 15 heavy (non-hydrogen) atoms. The van der Waals surface area contributed by atoms with Crippen molar-refractivity contribution in [3.8, 4) is 5.75 Å². The Morgan fingerprint density at radius 2 is 2.13 bits per heavy atom. The maximum atomic E-state index is 9.82. The Morgan fingerprint density at radius 1 is 1.47 bits per heavy atom. The average molecular weight is 226 g/mol. The number of aromatic hydroxyl groups is 1. The summed E-state index contributed by atoms with van der Waals surface area (Å²) in [6.45, 7) is 1.99. The lowest BCUT2D eigenvalue weighted by Gasteiger charge is -2.12. The Bertz CT molecular complexity index is 385. The standard InChI is InChI=1S/C12H16ClNO/c1-8-2-3-10(13)11(15)9(8)4-5-12(14)6-7-12/h2-3,15H,4-7,14H2,1H3. The molecule has 2 nitrogen and oxygen atoms in total. The number of halogens is 1. The second kappa shape index (κ2) is 3.69. The van der Waals surface area contributed by atoms with Crippen LogP contribution in [-0.4, -0.2) is 10.6 Å². The first kappa shape index (κ1) is 10.8. The second-order valence-corrected chi connectivity index (χ2v) is 4.96. The first-order valence-electron chi connectivity index (χ1n) is 5.28. The highest BCUT2D eigenvalue weighted by molar-refractivity contribution is 6.32. The molecule has 0 amide bonds. The minimum Gasteiger partial charge on any atom is -0.506 e. The zero-order chi connectivity index (χ0) is 11.1. The molecule has 3 heteroatoms. The Balaban J connectivity index is 2.16. The van der Waals surface area contributed by atoms with Crippen LogP contribution in [0.15, 0.2) is 12.1 Å². The van der Waals surface area contributed by atoms with Crippen LogP contribution in [-0.2, 0) is 6.42 Å². The van der Waals surface area contributed by atoms with E-state index in [1.165, 1.54) is 0 Å². The van der Waals surface area contributed by atoms with E-state index < -0.39 is 0 Å². The van der Waals surface area contributed by atoms with Gasteiger partial charge in [0.1, 0.15) is 5.75 Å². The van der Waals surface area contributed by atoms with Crippen LogP contribution < -0.4 is 5.73 Å². The summed E-state index contributed by atoms with van der Waals surface area (Å²) in [5.41, 5.74) is 8.08. The molecular formula is C12H16ClNO. The summed E-state index contributed by atoms with van der Waals surface area (Å²) in [5, 5.41) is 10.3. The van der Waals surface area contributed by atoms with Crippen LogP contribution in [0.2, 0.25) is 5.02 Å². The predicted molar refractivity (Wildman–Crippen MR) is 62.3 cm³/mol. The Hall–Kier alpha value is -0.730. The number of hydrogen-bond acceptors (Lipinski definition) is 2.